The van der Waals surface area contributed by atoms with Crippen LogP contribution in [0.5, 0.6) is 0 Å². The molecule has 9 nitrogen and oxygen atoms in total. The Morgan fingerprint density at radius 2 is 1.91 bits per heavy atom. The number of hydrogen-bond acceptors (Lipinski definition) is 7. The van der Waals surface area contributed by atoms with Gasteiger partial charge in [0.15, 0.2) is 5.82 Å². The van der Waals surface area contributed by atoms with E-state index >= 15 is 0 Å². The minimum Gasteiger partial charge on any atom is -0.339 e. The molecular weight excluding hydrogens is 340 g/mol. The van der Waals surface area contributed by atoms with Gasteiger partial charge >= 0.3 is 0 Å². The lowest BCUT2D eigenvalue weighted by atomic mass is 10.3. The molecule has 0 radical (unpaired) electrons. The third kappa shape index (κ3) is 4.88. The molecule has 0 aromatic carbocycles. The van der Waals surface area contributed by atoms with Crippen LogP contribution in [0.4, 0.5) is 0 Å². The van der Waals surface area contributed by atoms with Gasteiger partial charge in [0, 0.05) is 26.2 Å². The second-order valence-electron chi connectivity index (χ2n) is 5.67. The normalized spacial score (nSPS) is 17.0. The molecule has 1 fully saturated rings. The molecule has 0 atom stereocenters. The molecule has 1 saturated heterocycles. The van der Waals surface area contributed by atoms with Crippen molar-refractivity contribution in [1.29, 1.82) is 0 Å². The summed E-state index contributed by atoms with van der Waals surface area (Å²) in [7, 11) is -3.17. The van der Waals surface area contributed by atoms with E-state index in [1.54, 1.807) is 9.58 Å². The van der Waals surface area contributed by atoms with Gasteiger partial charge < -0.3 is 4.90 Å². The van der Waals surface area contributed by atoms with Gasteiger partial charge in [0.2, 0.25) is 15.9 Å². The Morgan fingerprint density at radius 1 is 1.26 bits per heavy atom. The zero-order valence-electron chi connectivity index (χ0n) is 13.5. The Hall–Kier alpha value is -1.20. The van der Waals surface area contributed by atoms with Gasteiger partial charge in [-0.2, -0.15) is 4.31 Å². The fraction of sp³-hybridized carbons (Fsp3) is 0.833. The lowest BCUT2D eigenvalue weighted by Gasteiger charge is -2.33. The maximum absolute atomic E-state index is 12.2. The smallest absolute Gasteiger partial charge is 0.232 e. The highest BCUT2D eigenvalue weighted by Gasteiger charge is 2.25. The minimum atomic E-state index is -3.17. The SMILES string of the molecule is CC(C)n1nnnc1CSCC(=O)N1CCN(S(C)(=O)=O)CC1. The monoisotopic (exact) mass is 362 g/mol. The van der Waals surface area contributed by atoms with Crippen LogP contribution in [-0.4, -0.2) is 81.9 Å². The third-order valence-corrected chi connectivity index (χ3v) is 5.78. The Balaban J connectivity index is 1.77. The predicted molar refractivity (Wildman–Crippen MR) is 87.4 cm³/mol. The molecule has 1 aliphatic heterocycles. The van der Waals surface area contributed by atoms with E-state index in [2.05, 4.69) is 15.5 Å². The minimum absolute atomic E-state index is 0.0201. The van der Waals surface area contributed by atoms with Crippen molar-refractivity contribution >= 4 is 27.7 Å². The molecule has 23 heavy (non-hydrogen) atoms. The quantitative estimate of drug-likeness (QED) is 0.678. The van der Waals surface area contributed by atoms with E-state index in [-0.39, 0.29) is 11.9 Å². The molecule has 0 aliphatic carbocycles. The largest absolute Gasteiger partial charge is 0.339 e. The topological polar surface area (TPSA) is 101 Å². The van der Waals surface area contributed by atoms with Crippen molar-refractivity contribution in [2.45, 2.75) is 25.6 Å². The first-order valence-corrected chi connectivity index (χ1v) is 10.4. The number of tetrazole rings is 1. The summed E-state index contributed by atoms with van der Waals surface area (Å²) >= 11 is 1.46. The van der Waals surface area contributed by atoms with Crippen LogP contribution in [-0.2, 0) is 20.6 Å². The molecule has 0 spiro atoms. The van der Waals surface area contributed by atoms with E-state index in [4.69, 9.17) is 0 Å². The highest BCUT2D eigenvalue weighted by atomic mass is 32.2. The first-order chi connectivity index (χ1) is 10.8. The van der Waals surface area contributed by atoms with Crippen molar-refractivity contribution in [1.82, 2.24) is 29.4 Å². The van der Waals surface area contributed by atoms with Crippen LogP contribution in [0.15, 0.2) is 0 Å². The van der Waals surface area contributed by atoms with Crippen molar-refractivity contribution in [2.24, 2.45) is 0 Å². The van der Waals surface area contributed by atoms with E-state index in [0.717, 1.165) is 5.82 Å². The zero-order valence-corrected chi connectivity index (χ0v) is 15.2. The fourth-order valence-electron chi connectivity index (χ4n) is 2.30. The molecule has 1 aromatic rings. The molecule has 2 rings (SSSR count). The standard InChI is InChI=1S/C12H22N6O3S2/c1-10(2)18-11(13-14-15-18)8-22-9-12(19)16-4-6-17(7-5-16)23(3,20)21/h10H,4-9H2,1-3H3. The average molecular weight is 362 g/mol. The molecule has 0 saturated carbocycles. The average Bonchev–Trinajstić information content (AvgIpc) is 2.95. The molecule has 130 valence electrons. The van der Waals surface area contributed by atoms with Crippen LogP contribution in [0.3, 0.4) is 0 Å². The van der Waals surface area contributed by atoms with Crippen LogP contribution in [0.1, 0.15) is 25.7 Å². The van der Waals surface area contributed by atoms with Crippen molar-refractivity contribution in [3.05, 3.63) is 5.82 Å². The zero-order chi connectivity index (χ0) is 17.0. The Labute approximate surface area is 140 Å². The number of nitrogens with zero attached hydrogens (tertiary/aromatic N) is 6. The second kappa shape index (κ2) is 7.58. The predicted octanol–water partition coefficient (Wildman–Crippen LogP) is -0.409. The fourth-order valence-corrected chi connectivity index (χ4v) is 3.96. The number of carbonyl (C=O) groups is 1. The Bertz CT molecular complexity index is 637. The third-order valence-electron chi connectivity index (χ3n) is 3.57. The van der Waals surface area contributed by atoms with Gasteiger partial charge in [-0.05, 0) is 24.3 Å². The number of piperazine rings is 1. The molecule has 0 unspecified atom stereocenters. The van der Waals surface area contributed by atoms with E-state index in [0.29, 0.717) is 37.7 Å². The molecule has 1 aliphatic rings. The number of hydrogen-bond donors (Lipinski definition) is 0. The summed E-state index contributed by atoms with van der Waals surface area (Å²) in [5.41, 5.74) is 0. The van der Waals surface area contributed by atoms with Crippen LogP contribution >= 0.6 is 11.8 Å². The van der Waals surface area contributed by atoms with E-state index in [1.165, 1.54) is 22.3 Å². The van der Waals surface area contributed by atoms with E-state index in [9.17, 15) is 13.2 Å². The van der Waals surface area contributed by atoms with Crippen LogP contribution in [0, 0.1) is 0 Å². The first-order valence-electron chi connectivity index (χ1n) is 7.36. The first kappa shape index (κ1) is 18.1. The summed E-state index contributed by atoms with van der Waals surface area (Å²) in [4.78, 5) is 13.9. The molecule has 1 amide bonds. The van der Waals surface area contributed by atoms with Crippen LogP contribution < -0.4 is 0 Å². The van der Waals surface area contributed by atoms with E-state index < -0.39 is 10.0 Å². The molecule has 0 N–H and O–H groups in total. The van der Waals surface area contributed by atoms with Crippen molar-refractivity contribution in [2.75, 3.05) is 38.2 Å². The number of aromatic nitrogens is 4. The lowest BCUT2D eigenvalue weighted by molar-refractivity contribution is -0.129. The summed E-state index contributed by atoms with van der Waals surface area (Å²) < 4.78 is 26.0. The van der Waals surface area contributed by atoms with Gasteiger partial charge in [-0.1, -0.05) is 0 Å². The number of thioether (sulfide) groups is 1. The number of sulfonamides is 1. The maximum atomic E-state index is 12.2. The van der Waals surface area contributed by atoms with Gasteiger partial charge in [0.25, 0.3) is 0 Å². The molecule has 11 heteroatoms. The van der Waals surface area contributed by atoms with Crippen LogP contribution in [0.25, 0.3) is 0 Å². The Morgan fingerprint density at radius 3 is 2.48 bits per heavy atom. The van der Waals surface area contributed by atoms with Gasteiger partial charge in [0.05, 0.1) is 23.8 Å². The van der Waals surface area contributed by atoms with Crippen LogP contribution in [0.2, 0.25) is 0 Å². The van der Waals surface area contributed by atoms with Crippen molar-refractivity contribution in [3.8, 4) is 0 Å². The molecule has 2 heterocycles. The second-order valence-corrected chi connectivity index (χ2v) is 8.64. The van der Waals surface area contributed by atoms with Gasteiger partial charge in [-0.3, -0.25) is 4.79 Å². The van der Waals surface area contributed by atoms with E-state index in [1.807, 2.05) is 13.8 Å². The van der Waals surface area contributed by atoms with Crippen molar-refractivity contribution in [3.63, 3.8) is 0 Å². The molecule has 0 bridgehead atoms. The molecule has 1 aromatic heterocycles. The van der Waals surface area contributed by atoms with Crippen molar-refractivity contribution < 1.29 is 13.2 Å². The number of carbonyl (C=O) groups excluding carboxylic acids is 1. The summed E-state index contributed by atoms with van der Waals surface area (Å²) in [5, 5.41) is 11.5. The van der Waals surface area contributed by atoms with Gasteiger partial charge in [0.1, 0.15) is 0 Å². The van der Waals surface area contributed by atoms with Gasteiger partial charge in [-0.15, -0.1) is 16.9 Å². The summed E-state index contributed by atoms with van der Waals surface area (Å²) in [6, 6.07) is 0.181. The maximum Gasteiger partial charge on any atom is 0.232 e. The lowest BCUT2D eigenvalue weighted by Crippen LogP contribution is -2.50. The summed E-state index contributed by atoms with van der Waals surface area (Å²) in [6.07, 6.45) is 1.19. The van der Waals surface area contributed by atoms with Gasteiger partial charge in [-0.25, -0.2) is 13.1 Å². The summed E-state index contributed by atoms with van der Waals surface area (Å²) in [5.74, 6) is 1.68. The highest BCUT2D eigenvalue weighted by Crippen LogP contribution is 2.14. The number of amides is 1. The Kier molecular flexibility index (Phi) is 5.98. The molecular formula is C12H22N6O3S2. The summed E-state index contributed by atoms with van der Waals surface area (Å²) in [6.45, 7) is 5.60. The highest BCUT2D eigenvalue weighted by molar-refractivity contribution is 7.99. The number of rotatable bonds is 6.